The van der Waals surface area contributed by atoms with Crippen molar-refractivity contribution >= 4 is 27.8 Å². The summed E-state index contributed by atoms with van der Waals surface area (Å²) in [5.41, 5.74) is 7.50. The molecule has 8 heteroatoms. The Kier molecular flexibility index (Phi) is 7.84. The predicted octanol–water partition coefficient (Wildman–Crippen LogP) is 3.40. The van der Waals surface area contributed by atoms with Crippen LogP contribution in [0.3, 0.4) is 0 Å². The van der Waals surface area contributed by atoms with E-state index < -0.39 is 16.9 Å². The van der Waals surface area contributed by atoms with Crippen molar-refractivity contribution < 1.29 is 18.5 Å². The second-order valence-electron chi connectivity index (χ2n) is 7.00. The van der Waals surface area contributed by atoms with Crippen LogP contribution < -0.4 is 10.5 Å². The Hall–Kier alpha value is -2.68. The van der Waals surface area contributed by atoms with Crippen molar-refractivity contribution in [2.75, 3.05) is 26.3 Å². The Morgan fingerprint density at radius 1 is 1.26 bits per heavy atom. The maximum Gasteiger partial charge on any atom is 0.266 e. The SMILES string of the molecule is CC.Cc1ccc2[nH]c(C(N)=O)c(S(=O)N3CCO[C@H](COc4ccccc4)C3)c2c1. The van der Waals surface area contributed by atoms with Gasteiger partial charge in [-0.25, -0.2) is 8.51 Å². The topological polar surface area (TPSA) is 97.7 Å². The molecule has 1 fully saturated rings. The van der Waals surface area contributed by atoms with E-state index in [1.807, 2.05) is 69.3 Å². The zero-order chi connectivity index (χ0) is 22.4. The first-order valence-corrected chi connectivity index (χ1v) is 11.5. The molecule has 3 N–H and O–H groups in total. The van der Waals surface area contributed by atoms with E-state index in [4.69, 9.17) is 15.2 Å². The molecule has 0 saturated carbocycles. The van der Waals surface area contributed by atoms with Crippen LogP contribution in [0.5, 0.6) is 5.75 Å². The lowest BCUT2D eigenvalue weighted by molar-refractivity contribution is -0.0237. The third kappa shape index (κ3) is 5.33. The number of rotatable bonds is 6. The van der Waals surface area contributed by atoms with Gasteiger partial charge in [-0.1, -0.05) is 43.7 Å². The number of nitrogens with two attached hydrogens (primary N) is 1. The molecule has 4 rings (SSSR count). The minimum Gasteiger partial charge on any atom is -0.491 e. The molecule has 1 aromatic heterocycles. The van der Waals surface area contributed by atoms with Crippen molar-refractivity contribution in [2.24, 2.45) is 5.73 Å². The summed E-state index contributed by atoms with van der Waals surface area (Å²) in [5.74, 6) is 0.136. The van der Waals surface area contributed by atoms with Gasteiger partial charge in [-0.2, -0.15) is 0 Å². The van der Waals surface area contributed by atoms with Crippen molar-refractivity contribution in [3.8, 4) is 5.75 Å². The number of H-pyrrole nitrogens is 1. The minimum absolute atomic E-state index is 0.188. The van der Waals surface area contributed by atoms with E-state index in [1.165, 1.54) is 0 Å². The number of ether oxygens (including phenoxy) is 2. The van der Waals surface area contributed by atoms with E-state index >= 15 is 0 Å². The van der Waals surface area contributed by atoms with Gasteiger partial charge < -0.3 is 20.2 Å². The highest BCUT2D eigenvalue weighted by Crippen LogP contribution is 2.29. The molecule has 3 aromatic rings. The van der Waals surface area contributed by atoms with E-state index in [1.54, 1.807) is 4.31 Å². The van der Waals surface area contributed by atoms with E-state index in [9.17, 15) is 9.00 Å². The molecular weight excluding hydrogens is 414 g/mol. The Bertz CT molecular complexity index is 1050. The molecule has 166 valence electrons. The molecule has 7 nitrogen and oxygen atoms in total. The minimum atomic E-state index is -1.56. The maximum absolute atomic E-state index is 13.4. The zero-order valence-electron chi connectivity index (χ0n) is 18.1. The average molecular weight is 444 g/mol. The van der Waals surface area contributed by atoms with Crippen LogP contribution >= 0.6 is 0 Å². The van der Waals surface area contributed by atoms with Gasteiger partial charge in [0.2, 0.25) is 0 Å². The molecule has 2 atom stereocenters. The van der Waals surface area contributed by atoms with E-state index in [0.717, 1.165) is 22.2 Å². The van der Waals surface area contributed by atoms with Gasteiger partial charge in [-0.05, 0) is 31.2 Å². The molecule has 2 aromatic carbocycles. The van der Waals surface area contributed by atoms with E-state index in [0.29, 0.717) is 31.2 Å². The summed E-state index contributed by atoms with van der Waals surface area (Å²) in [4.78, 5) is 15.4. The number of aromatic amines is 1. The monoisotopic (exact) mass is 443 g/mol. The van der Waals surface area contributed by atoms with Crippen LogP contribution in [0.15, 0.2) is 53.4 Å². The Balaban J connectivity index is 0.00000132. The molecule has 0 aliphatic carbocycles. The number of benzene rings is 2. The normalized spacial score (nSPS) is 17.6. The molecule has 0 spiro atoms. The summed E-state index contributed by atoms with van der Waals surface area (Å²) in [6, 6.07) is 15.2. The van der Waals surface area contributed by atoms with Gasteiger partial charge in [0.1, 0.15) is 35.1 Å². The second-order valence-corrected chi connectivity index (χ2v) is 8.42. The van der Waals surface area contributed by atoms with E-state index in [2.05, 4.69) is 4.98 Å². The van der Waals surface area contributed by atoms with Crippen LogP contribution in [0.4, 0.5) is 0 Å². The number of para-hydroxylation sites is 1. The van der Waals surface area contributed by atoms with Crippen LogP contribution in [0.1, 0.15) is 29.9 Å². The number of aromatic nitrogens is 1. The number of morpholine rings is 1. The number of hydrogen-bond acceptors (Lipinski definition) is 4. The predicted molar refractivity (Wildman–Crippen MR) is 123 cm³/mol. The van der Waals surface area contributed by atoms with Crippen molar-refractivity contribution in [1.82, 2.24) is 9.29 Å². The first kappa shape index (κ1) is 23.0. The quantitative estimate of drug-likeness (QED) is 0.610. The summed E-state index contributed by atoms with van der Waals surface area (Å²) >= 11 is 0. The molecule has 1 aliphatic rings. The maximum atomic E-state index is 13.4. The van der Waals surface area contributed by atoms with Crippen LogP contribution in [0.25, 0.3) is 10.9 Å². The highest BCUT2D eigenvalue weighted by molar-refractivity contribution is 7.83. The van der Waals surface area contributed by atoms with Gasteiger partial charge in [0.15, 0.2) is 0 Å². The number of amides is 1. The largest absolute Gasteiger partial charge is 0.491 e. The molecule has 1 aliphatic heterocycles. The van der Waals surface area contributed by atoms with Crippen LogP contribution in [0.2, 0.25) is 0 Å². The number of hydrogen-bond donors (Lipinski definition) is 2. The number of carbonyl (C=O) groups is 1. The van der Waals surface area contributed by atoms with Gasteiger partial charge in [0.05, 0.1) is 11.5 Å². The number of carbonyl (C=O) groups excluding carboxylic acids is 1. The van der Waals surface area contributed by atoms with Gasteiger partial charge in [-0.3, -0.25) is 4.79 Å². The van der Waals surface area contributed by atoms with E-state index in [-0.39, 0.29) is 11.8 Å². The van der Waals surface area contributed by atoms with Gasteiger partial charge in [0, 0.05) is 24.0 Å². The summed E-state index contributed by atoms with van der Waals surface area (Å²) in [6.45, 7) is 7.66. The van der Waals surface area contributed by atoms with Crippen molar-refractivity contribution in [2.45, 2.75) is 31.8 Å². The molecule has 0 radical (unpaired) electrons. The summed E-state index contributed by atoms with van der Waals surface area (Å²) < 4.78 is 26.8. The smallest absolute Gasteiger partial charge is 0.266 e. The zero-order valence-corrected chi connectivity index (χ0v) is 18.9. The first-order chi connectivity index (χ1) is 15.0. The third-order valence-corrected chi connectivity index (χ3v) is 6.42. The Labute approximate surface area is 185 Å². The fourth-order valence-corrected chi connectivity index (χ4v) is 4.90. The number of nitrogens with one attached hydrogen (secondary N) is 1. The number of primary amides is 1. The molecule has 1 unspecified atom stereocenters. The van der Waals surface area contributed by atoms with Gasteiger partial charge >= 0.3 is 0 Å². The molecular formula is C23H29N3O4S. The highest BCUT2D eigenvalue weighted by Gasteiger charge is 2.30. The van der Waals surface area contributed by atoms with Gasteiger partial charge in [0.25, 0.3) is 5.91 Å². The van der Waals surface area contributed by atoms with Crippen LogP contribution in [-0.4, -0.2) is 51.8 Å². The second kappa shape index (κ2) is 10.6. The summed E-state index contributed by atoms with van der Waals surface area (Å²) in [6.07, 6.45) is -0.225. The summed E-state index contributed by atoms with van der Waals surface area (Å²) in [7, 11) is -1.56. The highest BCUT2D eigenvalue weighted by atomic mass is 32.2. The first-order valence-electron chi connectivity index (χ1n) is 10.4. The number of fused-ring (bicyclic) bond motifs is 1. The fraction of sp³-hybridized carbons (Fsp3) is 0.348. The average Bonchev–Trinajstić information content (AvgIpc) is 3.18. The molecule has 0 bridgehead atoms. The molecule has 31 heavy (non-hydrogen) atoms. The van der Waals surface area contributed by atoms with Crippen molar-refractivity contribution in [3.05, 3.63) is 59.8 Å². The third-order valence-electron chi connectivity index (χ3n) is 4.84. The van der Waals surface area contributed by atoms with Crippen molar-refractivity contribution in [3.63, 3.8) is 0 Å². The lowest BCUT2D eigenvalue weighted by Crippen LogP contribution is -2.45. The lowest BCUT2D eigenvalue weighted by Gasteiger charge is -2.31. The Morgan fingerprint density at radius 2 is 2.00 bits per heavy atom. The van der Waals surface area contributed by atoms with Crippen molar-refractivity contribution in [1.29, 1.82) is 0 Å². The number of nitrogens with zero attached hydrogens (tertiary/aromatic N) is 1. The molecule has 1 amide bonds. The Morgan fingerprint density at radius 3 is 2.71 bits per heavy atom. The standard InChI is InChI=1S/C21H23N3O4S.C2H6/c1-14-7-8-18-17(11-14)20(19(23-18)21(22)25)29(26)24-9-10-27-16(12-24)13-28-15-5-3-2-4-6-15;1-2/h2-8,11,16,23H,9-10,12-13H2,1H3,(H2,22,25);1-2H3/t16-,29?;/m0./s1. The molecule has 1 saturated heterocycles. The van der Waals surface area contributed by atoms with Crippen LogP contribution in [0, 0.1) is 6.92 Å². The molecule has 2 heterocycles. The fourth-order valence-electron chi connectivity index (χ4n) is 3.41. The number of aryl methyl sites for hydroxylation is 1. The lowest BCUT2D eigenvalue weighted by atomic mass is 10.2. The summed E-state index contributed by atoms with van der Waals surface area (Å²) in [5, 5.41) is 0.751. The van der Waals surface area contributed by atoms with Gasteiger partial charge in [-0.15, -0.1) is 0 Å². The van der Waals surface area contributed by atoms with Crippen LogP contribution in [-0.2, 0) is 15.7 Å².